The Balaban J connectivity index is 1.48. The molecule has 1 unspecified atom stereocenters. The number of amides is 1. The summed E-state index contributed by atoms with van der Waals surface area (Å²) >= 11 is 0. The van der Waals surface area contributed by atoms with E-state index in [4.69, 9.17) is 4.74 Å². The summed E-state index contributed by atoms with van der Waals surface area (Å²) in [4.78, 5) is 14.6. The summed E-state index contributed by atoms with van der Waals surface area (Å²) in [5.41, 5.74) is 3.20. The van der Waals surface area contributed by atoms with Crippen molar-refractivity contribution < 1.29 is 9.53 Å². The van der Waals surface area contributed by atoms with Crippen LogP contribution in [-0.4, -0.2) is 30.0 Å². The molecule has 1 heterocycles. The second kappa shape index (κ2) is 8.86. The van der Waals surface area contributed by atoms with Crippen LogP contribution >= 0.6 is 0 Å². The fourth-order valence-electron chi connectivity index (χ4n) is 3.37. The van der Waals surface area contributed by atoms with Crippen molar-refractivity contribution in [2.24, 2.45) is 0 Å². The van der Waals surface area contributed by atoms with Crippen LogP contribution in [0.3, 0.4) is 0 Å². The third-order valence-electron chi connectivity index (χ3n) is 4.92. The van der Waals surface area contributed by atoms with Crippen LogP contribution in [0.4, 0.5) is 5.69 Å². The molecule has 3 rings (SSSR count). The lowest BCUT2D eigenvalue weighted by Crippen LogP contribution is -2.36. The highest BCUT2D eigenvalue weighted by Crippen LogP contribution is 2.20. The highest BCUT2D eigenvalue weighted by Gasteiger charge is 2.17. The molecule has 0 spiro atoms. The number of rotatable bonds is 6. The van der Waals surface area contributed by atoms with E-state index in [1.165, 1.54) is 31.4 Å². The predicted molar refractivity (Wildman–Crippen MR) is 105 cm³/mol. The molecule has 0 bridgehead atoms. The Kier molecular flexibility index (Phi) is 6.29. The van der Waals surface area contributed by atoms with Gasteiger partial charge in [-0.2, -0.15) is 0 Å². The minimum atomic E-state index is -0.149. The molecular formula is C22H28N2O2. The van der Waals surface area contributed by atoms with Gasteiger partial charge in [0.15, 0.2) is 6.61 Å². The van der Waals surface area contributed by atoms with Gasteiger partial charge in [-0.1, -0.05) is 30.7 Å². The van der Waals surface area contributed by atoms with Gasteiger partial charge >= 0.3 is 0 Å². The van der Waals surface area contributed by atoms with E-state index in [0.717, 1.165) is 17.8 Å². The summed E-state index contributed by atoms with van der Waals surface area (Å²) in [6, 6.07) is 16.5. The first-order valence-electron chi connectivity index (χ1n) is 9.42. The number of carbonyl (C=O) groups is 1. The van der Waals surface area contributed by atoms with Crippen LogP contribution in [0.25, 0.3) is 0 Å². The summed E-state index contributed by atoms with van der Waals surface area (Å²) < 4.78 is 5.54. The number of piperidine rings is 1. The van der Waals surface area contributed by atoms with Crippen LogP contribution in [0, 0.1) is 6.92 Å². The molecule has 138 valence electrons. The fraction of sp³-hybridized carbons (Fsp3) is 0.409. The van der Waals surface area contributed by atoms with Gasteiger partial charge in [0.1, 0.15) is 5.75 Å². The van der Waals surface area contributed by atoms with Crippen LogP contribution in [0.1, 0.15) is 37.3 Å². The van der Waals surface area contributed by atoms with E-state index in [9.17, 15) is 4.79 Å². The number of hydrogen-bond acceptors (Lipinski definition) is 3. The van der Waals surface area contributed by atoms with Crippen molar-refractivity contribution in [1.29, 1.82) is 0 Å². The molecule has 0 aliphatic carbocycles. The third kappa shape index (κ3) is 5.33. The fourth-order valence-corrected chi connectivity index (χ4v) is 3.37. The predicted octanol–water partition coefficient (Wildman–Crippen LogP) is 4.39. The van der Waals surface area contributed by atoms with E-state index in [1.54, 1.807) is 0 Å². The first-order valence-corrected chi connectivity index (χ1v) is 9.42. The lowest BCUT2D eigenvalue weighted by atomic mass is 10.0. The SMILES string of the molecule is Cc1cccc(OCC(=O)Nc2ccc(CN3CCCCC3C)cc2)c1. The van der Waals surface area contributed by atoms with Gasteiger partial charge in [0, 0.05) is 18.3 Å². The Morgan fingerprint density at radius 1 is 1.19 bits per heavy atom. The first kappa shape index (κ1) is 18.5. The van der Waals surface area contributed by atoms with Crippen molar-refractivity contribution in [3.8, 4) is 5.75 Å². The van der Waals surface area contributed by atoms with Gasteiger partial charge in [-0.05, 0) is 68.6 Å². The maximum Gasteiger partial charge on any atom is 0.262 e. The van der Waals surface area contributed by atoms with Gasteiger partial charge in [-0.15, -0.1) is 0 Å². The maximum atomic E-state index is 12.1. The number of hydrogen-bond donors (Lipinski definition) is 1. The maximum absolute atomic E-state index is 12.1. The molecule has 1 fully saturated rings. The monoisotopic (exact) mass is 352 g/mol. The first-order chi connectivity index (χ1) is 12.6. The van der Waals surface area contributed by atoms with Crippen molar-refractivity contribution in [2.45, 2.75) is 45.7 Å². The van der Waals surface area contributed by atoms with E-state index >= 15 is 0 Å². The number of nitrogens with one attached hydrogen (secondary N) is 1. The standard InChI is InChI=1S/C22H28N2O2/c1-17-6-5-8-21(14-17)26-16-22(25)23-20-11-9-19(10-12-20)15-24-13-4-3-7-18(24)2/h5-6,8-12,14,18H,3-4,7,13,15-16H2,1-2H3,(H,23,25). The second-order valence-corrected chi connectivity index (χ2v) is 7.17. The topological polar surface area (TPSA) is 41.6 Å². The van der Waals surface area contributed by atoms with E-state index in [2.05, 4.69) is 29.3 Å². The molecule has 4 nitrogen and oxygen atoms in total. The van der Waals surface area contributed by atoms with Gasteiger partial charge in [-0.3, -0.25) is 9.69 Å². The van der Waals surface area contributed by atoms with Gasteiger partial charge in [0.2, 0.25) is 0 Å². The molecule has 4 heteroatoms. The van der Waals surface area contributed by atoms with Gasteiger partial charge in [0.05, 0.1) is 0 Å². The summed E-state index contributed by atoms with van der Waals surface area (Å²) in [6.07, 6.45) is 3.92. The van der Waals surface area contributed by atoms with Crippen LogP contribution in [0.15, 0.2) is 48.5 Å². The summed E-state index contributed by atoms with van der Waals surface area (Å²) in [5.74, 6) is 0.565. The Labute approximate surface area is 156 Å². The van der Waals surface area contributed by atoms with Crippen LogP contribution in [0.2, 0.25) is 0 Å². The molecule has 0 aromatic heterocycles. The highest BCUT2D eigenvalue weighted by atomic mass is 16.5. The van der Waals surface area contributed by atoms with Crippen molar-refractivity contribution in [3.63, 3.8) is 0 Å². The van der Waals surface area contributed by atoms with E-state index in [-0.39, 0.29) is 12.5 Å². The number of ether oxygens (including phenoxy) is 1. The number of nitrogens with zero attached hydrogens (tertiary/aromatic N) is 1. The quantitative estimate of drug-likeness (QED) is 0.838. The zero-order valence-electron chi connectivity index (χ0n) is 15.7. The number of anilines is 1. The van der Waals surface area contributed by atoms with Crippen molar-refractivity contribution in [1.82, 2.24) is 4.90 Å². The lowest BCUT2D eigenvalue weighted by molar-refractivity contribution is -0.118. The minimum absolute atomic E-state index is 0.0104. The number of benzene rings is 2. The zero-order chi connectivity index (χ0) is 18.4. The van der Waals surface area contributed by atoms with E-state index in [0.29, 0.717) is 11.8 Å². The van der Waals surface area contributed by atoms with Gasteiger partial charge in [-0.25, -0.2) is 0 Å². The molecular weight excluding hydrogens is 324 g/mol. The average Bonchev–Trinajstić information content (AvgIpc) is 2.64. The lowest BCUT2D eigenvalue weighted by Gasteiger charge is -2.33. The smallest absolute Gasteiger partial charge is 0.262 e. The molecule has 26 heavy (non-hydrogen) atoms. The Bertz CT molecular complexity index is 727. The summed E-state index contributed by atoms with van der Waals surface area (Å²) in [5, 5.41) is 2.89. The average molecular weight is 352 g/mol. The molecule has 0 saturated carbocycles. The zero-order valence-corrected chi connectivity index (χ0v) is 15.7. The third-order valence-corrected chi connectivity index (χ3v) is 4.92. The minimum Gasteiger partial charge on any atom is -0.484 e. The molecule has 1 aliphatic rings. The van der Waals surface area contributed by atoms with Crippen LogP contribution in [-0.2, 0) is 11.3 Å². The normalized spacial score (nSPS) is 17.7. The van der Waals surface area contributed by atoms with Crippen molar-refractivity contribution >= 4 is 11.6 Å². The Morgan fingerprint density at radius 3 is 2.73 bits per heavy atom. The van der Waals surface area contributed by atoms with Gasteiger partial charge in [0.25, 0.3) is 5.91 Å². The number of likely N-dealkylation sites (tertiary alicyclic amines) is 1. The van der Waals surface area contributed by atoms with Gasteiger partial charge < -0.3 is 10.1 Å². The van der Waals surface area contributed by atoms with Crippen molar-refractivity contribution in [3.05, 3.63) is 59.7 Å². The second-order valence-electron chi connectivity index (χ2n) is 7.17. The molecule has 0 radical (unpaired) electrons. The molecule has 2 aromatic carbocycles. The van der Waals surface area contributed by atoms with Crippen molar-refractivity contribution in [2.75, 3.05) is 18.5 Å². The Morgan fingerprint density at radius 2 is 2.00 bits per heavy atom. The Hall–Kier alpha value is -2.33. The molecule has 1 N–H and O–H groups in total. The molecule has 1 saturated heterocycles. The molecule has 1 aliphatic heterocycles. The number of carbonyl (C=O) groups excluding carboxylic acids is 1. The molecule has 2 aromatic rings. The highest BCUT2D eigenvalue weighted by molar-refractivity contribution is 5.91. The number of aryl methyl sites for hydroxylation is 1. The summed E-state index contributed by atoms with van der Waals surface area (Å²) in [7, 11) is 0. The van der Waals surface area contributed by atoms with Crippen LogP contribution < -0.4 is 10.1 Å². The largest absolute Gasteiger partial charge is 0.484 e. The van der Waals surface area contributed by atoms with E-state index in [1.807, 2.05) is 43.3 Å². The molecule has 1 atom stereocenters. The molecule has 1 amide bonds. The van der Waals surface area contributed by atoms with Crippen LogP contribution in [0.5, 0.6) is 5.75 Å². The van der Waals surface area contributed by atoms with E-state index < -0.39 is 0 Å². The summed E-state index contributed by atoms with van der Waals surface area (Å²) in [6.45, 7) is 6.47.